The van der Waals surface area contributed by atoms with E-state index in [0.717, 1.165) is 13.0 Å². The lowest BCUT2D eigenvalue weighted by Gasteiger charge is -2.27. The fourth-order valence-electron chi connectivity index (χ4n) is 2.28. The highest BCUT2D eigenvalue weighted by Crippen LogP contribution is 2.17. The average molecular weight is 283 g/mol. The summed E-state index contributed by atoms with van der Waals surface area (Å²) in [4.78, 5) is 14.3. The Morgan fingerprint density at radius 2 is 2.30 bits per heavy atom. The van der Waals surface area contributed by atoms with Crippen LogP contribution in [0.5, 0.6) is 0 Å². The number of nitriles is 1. The van der Waals surface area contributed by atoms with Gasteiger partial charge in [-0.1, -0.05) is 6.92 Å². The molecule has 1 saturated heterocycles. The Hall–Kier alpha value is -1.16. The van der Waals surface area contributed by atoms with Crippen LogP contribution in [0.3, 0.4) is 0 Å². The van der Waals surface area contributed by atoms with Crippen LogP contribution in [0.2, 0.25) is 0 Å². The second kappa shape index (κ2) is 9.70. The van der Waals surface area contributed by atoms with Crippen LogP contribution in [0.15, 0.2) is 0 Å². The van der Waals surface area contributed by atoms with E-state index in [0.29, 0.717) is 39.3 Å². The normalized spacial score (nSPS) is 21.6. The number of methoxy groups -OCH3 is 1. The number of rotatable bonds is 9. The van der Waals surface area contributed by atoms with E-state index in [-0.39, 0.29) is 17.9 Å². The molecule has 0 aromatic heterocycles. The van der Waals surface area contributed by atoms with E-state index in [4.69, 9.17) is 14.7 Å². The number of carbonyl (C=O) groups is 1. The molecule has 0 radical (unpaired) electrons. The summed E-state index contributed by atoms with van der Waals surface area (Å²) in [5, 5.41) is 12.1. The number of ether oxygens (including phenoxy) is 2. The van der Waals surface area contributed by atoms with Gasteiger partial charge in [-0.05, 0) is 13.0 Å². The molecule has 1 fully saturated rings. The third kappa shape index (κ3) is 5.08. The molecule has 0 saturated carbocycles. The van der Waals surface area contributed by atoms with Crippen molar-refractivity contribution in [3.05, 3.63) is 0 Å². The van der Waals surface area contributed by atoms with Crippen molar-refractivity contribution < 1.29 is 14.3 Å². The monoisotopic (exact) mass is 283 g/mol. The van der Waals surface area contributed by atoms with Gasteiger partial charge in [-0.2, -0.15) is 5.26 Å². The molecule has 20 heavy (non-hydrogen) atoms. The van der Waals surface area contributed by atoms with Crippen molar-refractivity contribution in [3.8, 4) is 6.07 Å². The molecule has 1 rings (SSSR count). The molecule has 2 unspecified atom stereocenters. The molecule has 0 aromatic rings. The molecular weight excluding hydrogens is 258 g/mol. The first-order chi connectivity index (χ1) is 9.74. The van der Waals surface area contributed by atoms with Gasteiger partial charge in [-0.3, -0.25) is 4.79 Å². The smallest absolute Gasteiger partial charge is 0.229 e. The molecule has 2 atom stereocenters. The van der Waals surface area contributed by atoms with E-state index in [1.54, 1.807) is 12.0 Å². The van der Waals surface area contributed by atoms with Gasteiger partial charge in [0.2, 0.25) is 5.91 Å². The number of hydrogen-bond acceptors (Lipinski definition) is 5. The predicted octanol–water partition coefficient (Wildman–Crippen LogP) is 0.390. The van der Waals surface area contributed by atoms with Crippen LogP contribution in [-0.4, -0.2) is 63.4 Å². The number of carbonyl (C=O) groups excluding carboxylic acids is 1. The molecule has 0 bridgehead atoms. The van der Waals surface area contributed by atoms with Crippen molar-refractivity contribution >= 4 is 5.91 Å². The quantitative estimate of drug-likeness (QED) is 0.662. The molecule has 0 aliphatic carbocycles. The van der Waals surface area contributed by atoms with E-state index in [1.165, 1.54) is 0 Å². The van der Waals surface area contributed by atoms with Gasteiger partial charge in [0.25, 0.3) is 0 Å². The largest absolute Gasteiger partial charge is 0.383 e. The number of nitrogens with one attached hydrogen (secondary N) is 1. The van der Waals surface area contributed by atoms with Crippen LogP contribution in [-0.2, 0) is 14.3 Å². The minimum Gasteiger partial charge on any atom is -0.383 e. The summed E-state index contributed by atoms with van der Waals surface area (Å²) in [6.45, 7) is 5.47. The summed E-state index contributed by atoms with van der Waals surface area (Å²) in [5.74, 6) is -0.0968. The Kier molecular flexibility index (Phi) is 8.19. The summed E-state index contributed by atoms with van der Waals surface area (Å²) in [6.07, 6.45) is 1.37. The van der Waals surface area contributed by atoms with E-state index < -0.39 is 0 Å². The second-order valence-corrected chi connectivity index (χ2v) is 4.93. The zero-order chi connectivity index (χ0) is 14.8. The summed E-state index contributed by atoms with van der Waals surface area (Å²) in [7, 11) is 1.61. The Balaban J connectivity index is 2.59. The lowest BCUT2D eigenvalue weighted by molar-refractivity contribution is -0.136. The summed E-state index contributed by atoms with van der Waals surface area (Å²) < 4.78 is 10.5. The van der Waals surface area contributed by atoms with Gasteiger partial charge in [0, 0.05) is 26.2 Å². The van der Waals surface area contributed by atoms with Gasteiger partial charge in [0.15, 0.2) is 0 Å². The Morgan fingerprint density at radius 1 is 1.50 bits per heavy atom. The van der Waals surface area contributed by atoms with Crippen molar-refractivity contribution in [2.24, 2.45) is 5.92 Å². The Morgan fingerprint density at radius 3 is 2.95 bits per heavy atom. The van der Waals surface area contributed by atoms with Crippen molar-refractivity contribution in [1.82, 2.24) is 10.2 Å². The maximum absolute atomic E-state index is 12.6. The second-order valence-electron chi connectivity index (χ2n) is 4.93. The highest BCUT2D eigenvalue weighted by molar-refractivity contribution is 5.80. The molecule has 1 heterocycles. The SMILES string of the molecule is CCCNC1COCC1C(=O)N(CCC#N)CCOC. The maximum atomic E-state index is 12.6. The van der Waals surface area contributed by atoms with Crippen molar-refractivity contribution in [1.29, 1.82) is 5.26 Å². The lowest BCUT2D eigenvalue weighted by atomic mass is 10.0. The first-order valence-corrected chi connectivity index (χ1v) is 7.20. The molecule has 0 spiro atoms. The fourth-order valence-corrected chi connectivity index (χ4v) is 2.28. The molecule has 1 N–H and O–H groups in total. The number of amides is 1. The van der Waals surface area contributed by atoms with Crippen LogP contribution in [0.1, 0.15) is 19.8 Å². The van der Waals surface area contributed by atoms with Gasteiger partial charge >= 0.3 is 0 Å². The first kappa shape index (κ1) is 16.9. The third-order valence-electron chi connectivity index (χ3n) is 3.42. The Labute approximate surface area is 121 Å². The van der Waals surface area contributed by atoms with Gasteiger partial charge in [-0.15, -0.1) is 0 Å². The molecule has 0 aromatic carbocycles. The Bertz CT molecular complexity index is 330. The predicted molar refractivity (Wildman–Crippen MR) is 75.1 cm³/mol. The van der Waals surface area contributed by atoms with Crippen molar-refractivity contribution in [3.63, 3.8) is 0 Å². The summed E-state index contributed by atoms with van der Waals surface area (Å²) >= 11 is 0. The van der Waals surface area contributed by atoms with E-state index >= 15 is 0 Å². The van der Waals surface area contributed by atoms with Gasteiger partial charge in [0.1, 0.15) is 0 Å². The summed E-state index contributed by atoms with van der Waals surface area (Å²) in [6, 6.07) is 2.16. The van der Waals surface area contributed by atoms with Gasteiger partial charge < -0.3 is 19.7 Å². The summed E-state index contributed by atoms with van der Waals surface area (Å²) in [5.41, 5.74) is 0. The maximum Gasteiger partial charge on any atom is 0.229 e. The first-order valence-electron chi connectivity index (χ1n) is 7.20. The molecule has 6 heteroatoms. The van der Waals surface area contributed by atoms with Gasteiger partial charge in [-0.25, -0.2) is 0 Å². The average Bonchev–Trinajstić information content (AvgIpc) is 2.93. The lowest BCUT2D eigenvalue weighted by Crippen LogP contribution is -2.47. The van der Waals surface area contributed by atoms with E-state index in [1.807, 2.05) is 0 Å². The molecule has 1 amide bonds. The van der Waals surface area contributed by atoms with E-state index in [2.05, 4.69) is 18.3 Å². The third-order valence-corrected chi connectivity index (χ3v) is 3.42. The van der Waals surface area contributed by atoms with Gasteiger partial charge in [0.05, 0.1) is 38.2 Å². The van der Waals surface area contributed by atoms with Crippen LogP contribution >= 0.6 is 0 Å². The highest BCUT2D eigenvalue weighted by atomic mass is 16.5. The molecule has 1 aliphatic rings. The fraction of sp³-hybridized carbons (Fsp3) is 0.857. The molecule has 1 aliphatic heterocycles. The number of nitrogens with zero attached hydrogens (tertiary/aromatic N) is 2. The molecule has 6 nitrogen and oxygen atoms in total. The van der Waals surface area contributed by atoms with E-state index in [9.17, 15) is 4.79 Å². The minimum absolute atomic E-state index is 0.0587. The van der Waals surface area contributed by atoms with Crippen molar-refractivity contribution in [2.75, 3.05) is 46.6 Å². The topological polar surface area (TPSA) is 74.6 Å². The van der Waals surface area contributed by atoms with Crippen LogP contribution in [0.4, 0.5) is 0 Å². The zero-order valence-corrected chi connectivity index (χ0v) is 12.4. The van der Waals surface area contributed by atoms with Crippen molar-refractivity contribution in [2.45, 2.75) is 25.8 Å². The highest BCUT2D eigenvalue weighted by Gasteiger charge is 2.35. The zero-order valence-electron chi connectivity index (χ0n) is 12.4. The standard InChI is InChI=1S/C14H25N3O3/c1-3-6-16-13-11-20-10-12(13)14(18)17(7-4-5-15)8-9-19-2/h12-13,16H,3-4,6-11H2,1-2H3. The molecule has 114 valence electrons. The minimum atomic E-state index is -0.155. The van der Waals surface area contributed by atoms with Crippen LogP contribution in [0.25, 0.3) is 0 Å². The number of hydrogen-bond donors (Lipinski definition) is 1. The van der Waals surface area contributed by atoms with Crippen LogP contribution in [0, 0.1) is 17.2 Å². The molecular formula is C14H25N3O3. The van der Waals surface area contributed by atoms with Crippen LogP contribution < -0.4 is 5.32 Å².